The fourth-order valence-corrected chi connectivity index (χ4v) is 3.85. The summed E-state index contributed by atoms with van der Waals surface area (Å²) in [7, 11) is 4.76. The van der Waals surface area contributed by atoms with Gasteiger partial charge in [0.15, 0.2) is 11.5 Å². The highest BCUT2D eigenvalue weighted by Crippen LogP contribution is 2.48. The molecule has 1 atom stereocenters. The van der Waals surface area contributed by atoms with E-state index in [4.69, 9.17) is 18.9 Å². The SMILES string of the molecule is CCn1cc(C2C=C(c3ccccc3)C(=O)O2)c2c(OC)c(OC)c(OC)cc21. The standard InChI is InChI=1S/C23H23NO5/c1-5-24-13-16(18-11-15(23(25)29-18)14-9-7-6-8-10-14)20-17(24)12-19(26-2)21(27-3)22(20)28-4/h6-13,18H,5H2,1-4H3. The average molecular weight is 393 g/mol. The molecule has 6 heteroatoms. The van der Waals surface area contributed by atoms with E-state index in [2.05, 4.69) is 11.5 Å². The summed E-state index contributed by atoms with van der Waals surface area (Å²) in [6.45, 7) is 2.80. The van der Waals surface area contributed by atoms with Crippen LogP contribution in [0.15, 0.2) is 48.7 Å². The molecule has 0 bridgehead atoms. The molecule has 0 radical (unpaired) electrons. The van der Waals surface area contributed by atoms with Crippen LogP contribution in [-0.4, -0.2) is 31.9 Å². The van der Waals surface area contributed by atoms with Crippen LogP contribution in [0.5, 0.6) is 17.2 Å². The number of hydrogen-bond donors (Lipinski definition) is 0. The smallest absolute Gasteiger partial charge is 0.339 e. The molecular weight excluding hydrogens is 370 g/mol. The predicted molar refractivity (Wildman–Crippen MR) is 111 cm³/mol. The lowest BCUT2D eigenvalue weighted by Crippen LogP contribution is -2.02. The molecule has 6 nitrogen and oxygen atoms in total. The van der Waals surface area contributed by atoms with Crippen LogP contribution < -0.4 is 14.2 Å². The van der Waals surface area contributed by atoms with Crippen LogP contribution in [0.2, 0.25) is 0 Å². The Bertz CT molecular complexity index is 1100. The molecule has 0 saturated heterocycles. The molecule has 0 amide bonds. The average Bonchev–Trinajstić information content (AvgIpc) is 3.32. The number of carbonyl (C=O) groups excluding carboxylic acids is 1. The molecule has 150 valence electrons. The summed E-state index contributed by atoms with van der Waals surface area (Å²) in [5, 5.41) is 0.843. The van der Waals surface area contributed by atoms with E-state index < -0.39 is 6.10 Å². The maximum atomic E-state index is 12.6. The van der Waals surface area contributed by atoms with Crippen LogP contribution in [0.3, 0.4) is 0 Å². The van der Waals surface area contributed by atoms with Gasteiger partial charge in [-0.2, -0.15) is 0 Å². The Balaban J connectivity index is 1.93. The molecule has 0 saturated carbocycles. The molecule has 2 aromatic carbocycles. The topological polar surface area (TPSA) is 58.9 Å². The van der Waals surface area contributed by atoms with E-state index in [1.165, 1.54) is 0 Å². The van der Waals surface area contributed by atoms with E-state index >= 15 is 0 Å². The van der Waals surface area contributed by atoms with Gasteiger partial charge in [-0.05, 0) is 18.6 Å². The van der Waals surface area contributed by atoms with E-state index in [0.29, 0.717) is 22.8 Å². The van der Waals surface area contributed by atoms with Crippen molar-refractivity contribution in [1.29, 1.82) is 0 Å². The van der Waals surface area contributed by atoms with Crippen LogP contribution in [0.4, 0.5) is 0 Å². The molecule has 0 spiro atoms. The van der Waals surface area contributed by atoms with Gasteiger partial charge in [-0.15, -0.1) is 0 Å². The van der Waals surface area contributed by atoms with E-state index in [1.54, 1.807) is 21.3 Å². The third-order valence-corrected chi connectivity index (χ3v) is 5.21. The predicted octanol–water partition coefficient (Wildman–Crippen LogP) is 4.37. The maximum absolute atomic E-state index is 12.6. The van der Waals surface area contributed by atoms with Gasteiger partial charge in [0.2, 0.25) is 5.75 Å². The number of cyclic esters (lactones) is 1. The van der Waals surface area contributed by atoms with Crippen molar-refractivity contribution in [3.05, 3.63) is 59.8 Å². The molecule has 4 rings (SSSR count). The van der Waals surface area contributed by atoms with Crippen LogP contribution in [-0.2, 0) is 16.1 Å². The van der Waals surface area contributed by atoms with Crippen molar-refractivity contribution in [2.24, 2.45) is 0 Å². The number of carbonyl (C=O) groups is 1. The first-order chi connectivity index (χ1) is 14.1. The molecule has 29 heavy (non-hydrogen) atoms. The number of rotatable bonds is 6. The monoisotopic (exact) mass is 393 g/mol. The van der Waals surface area contributed by atoms with Crippen molar-refractivity contribution in [3.8, 4) is 17.2 Å². The van der Waals surface area contributed by atoms with E-state index in [0.717, 1.165) is 28.6 Å². The van der Waals surface area contributed by atoms with Crippen molar-refractivity contribution in [2.45, 2.75) is 19.6 Å². The number of ether oxygens (including phenoxy) is 4. The zero-order chi connectivity index (χ0) is 20.5. The highest BCUT2D eigenvalue weighted by molar-refractivity contribution is 6.18. The van der Waals surface area contributed by atoms with Gasteiger partial charge in [-0.25, -0.2) is 4.79 Å². The minimum atomic E-state index is -0.514. The number of benzene rings is 2. The highest BCUT2D eigenvalue weighted by atomic mass is 16.5. The Morgan fingerprint density at radius 1 is 1.03 bits per heavy atom. The number of hydrogen-bond acceptors (Lipinski definition) is 5. The number of methoxy groups -OCH3 is 3. The molecule has 1 aromatic heterocycles. The van der Waals surface area contributed by atoms with Gasteiger partial charge >= 0.3 is 5.97 Å². The molecule has 2 heterocycles. The van der Waals surface area contributed by atoms with E-state index in [9.17, 15) is 4.79 Å². The zero-order valence-electron chi connectivity index (χ0n) is 16.9. The summed E-state index contributed by atoms with van der Waals surface area (Å²) in [6, 6.07) is 11.4. The van der Waals surface area contributed by atoms with Crippen molar-refractivity contribution >= 4 is 22.4 Å². The summed E-state index contributed by atoms with van der Waals surface area (Å²) in [4.78, 5) is 12.6. The first-order valence-electron chi connectivity index (χ1n) is 9.42. The van der Waals surface area contributed by atoms with Gasteiger partial charge in [-0.3, -0.25) is 0 Å². The molecule has 0 fully saturated rings. The lowest BCUT2D eigenvalue weighted by molar-refractivity contribution is -0.137. The lowest BCUT2D eigenvalue weighted by atomic mass is 10.0. The Labute approximate surface area is 169 Å². The Morgan fingerprint density at radius 2 is 1.76 bits per heavy atom. The van der Waals surface area contributed by atoms with E-state index in [-0.39, 0.29) is 5.97 Å². The number of esters is 1. The van der Waals surface area contributed by atoms with Crippen molar-refractivity contribution < 1.29 is 23.7 Å². The van der Waals surface area contributed by atoms with Crippen LogP contribution in [0, 0.1) is 0 Å². The molecular formula is C23H23NO5. The summed E-state index contributed by atoms with van der Waals surface area (Å²) >= 11 is 0. The van der Waals surface area contributed by atoms with Crippen molar-refractivity contribution in [1.82, 2.24) is 4.57 Å². The van der Waals surface area contributed by atoms with Gasteiger partial charge in [0.1, 0.15) is 6.10 Å². The Kier molecular flexibility index (Phi) is 4.92. The molecule has 0 aliphatic carbocycles. The zero-order valence-corrected chi connectivity index (χ0v) is 16.9. The van der Waals surface area contributed by atoms with Gasteiger partial charge in [0, 0.05) is 24.4 Å². The van der Waals surface area contributed by atoms with Crippen molar-refractivity contribution in [2.75, 3.05) is 21.3 Å². The fraction of sp³-hybridized carbons (Fsp3) is 0.261. The second-order valence-electron chi connectivity index (χ2n) is 6.68. The second-order valence-corrected chi connectivity index (χ2v) is 6.68. The fourth-order valence-electron chi connectivity index (χ4n) is 3.85. The van der Waals surface area contributed by atoms with Gasteiger partial charge in [-0.1, -0.05) is 30.3 Å². The summed E-state index contributed by atoms with van der Waals surface area (Å²) < 4.78 is 24.6. The number of fused-ring (bicyclic) bond motifs is 1. The minimum Gasteiger partial charge on any atom is -0.493 e. The first kappa shape index (κ1) is 18.9. The molecule has 3 aromatic rings. The summed E-state index contributed by atoms with van der Waals surface area (Å²) in [5.74, 6) is 1.31. The maximum Gasteiger partial charge on any atom is 0.339 e. The largest absolute Gasteiger partial charge is 0.493 e. The van der Waals surface area contributed by atoms with Gasteiger partial charge < -0.3 is 23.5 Å². The van der Waals surface area contributed by atoms with Crippen LogP contribution in [0.1, 0.15) is 24.2 Å². The van der Waals surface area contributed by atoms with Gasteiger partial charge in [0.05, 0.1) is 37.8 Å². The Morgan fingerprint density at radius 3 is 2.38 bits per heavy atom. The van der Waals surface area contributed by atoms with Crippen LogP contribution >= 0.6 is 0 Å². The second kappa shape index (κ2) is 7.54. The normalized spacial score (nSPS) is 15.9. The minimum absolute atomic E-state index is 0.335. The van der Waals surface area contributed by atoms with E-state index in [1.807, 2.05) is 48.7 Å². The molecule has 0 N–H and O–H groups in total. The molecule has 1 aliphatic rings. The highest BCUT2D eigenvalue weighted by Gasteiger charge is 2.32. The number of aromatic nitrogens is 1. The molecule has 1 unspecified atom stereocenters. The third-order valence-electron chi connectivity index (χ3n) is 5.21. The quantitative estimate of drug-likeness (QED) is 0.582. The number of aryl methyl sites for hydroxylation is 1. The van der Waals surface area contributed by atoms with Gasteiger partial charge in [0.25, 0.3) is 0 Å². The van der Waals surface area contributed by atoms with Crippen LogP contribution in [0.25, 0.3) is 16.5 Å². The van der Waals surface area contributed by atoms with Crippen molar-refractivity contribution in [3.63, 3.8) is 0 Å². The summed E-state index contributed by atoms with van der Waals surface area (Å²) in [6.07, 6.45) is 3.34. The Hall–Kier alpha value is -3.41. The molecule has 1 aliphatic heterocycles. The lowest BCUT2D eigenvalue weighted by Gasteiger charge is -2.15. The summed E-state index contributed by atoms with van der Waals surface area (Å²) in [5.41, 5.74) is 3.17. The third kappa shape index (κ3) is 3.01. The first-order valence-corrected chi connectivity index (χ1v) is 9.42. The number of nitrogens with zero attached hydrogens (tertiary/aromatic N) is 1.